The van der Waals surface area contributed by atoms with E-state index in [1.54, 1.807) is 37.3 Å². The van der Waals surface area contributed by atoms with Crippen LogP contribution in [0.2, 0.25) is 5.02 Å². The first kappa shape index (κ1) is 30.6. The van der Waals surface area contributed by atoms with Crippen LogP contribution in [0, 0.1) is 6.92 Å². The maximum Gasteiger partial charge on any atom is 0.242 e. The summed E-state index contributed by atoms with van der Waals surface area (Å²) in [5.41, 5.74) is 3.24. The molecule has 0 saturated heterocycles. The number of sulfonamides is 1. The van der Waals surface area contributed by atoms with Gasteiger partial charge in [-0.3, -0.25) is 9.59 Å². The van der Waals surface area contributed by atoms with Crippen LogP contribution >= 0.6 is 27.5 Å². The molecule has 39 heavy (non-hydrogen) atoms. The van der Waals surface area contributed by atoms with E-state index < -0.39 is 33.9 Å². The number of rotatable bonds is 11. The fourth-order valence-corrected chi connectivity index (χ4v) is 5.56. The Bertz CT molecular complexity index is 1410. The molecule has 11 heteroatoms. The van der Waals surface area contributed by atoms with Gasteiger partial charge in [0, 0.05) is 42.7 Å². The van der Waals surface area contributed by atoms with E-state index in [1.807, 2.05) is 43.3 Å². The van der Waals surface area contributed by atoms with Crippen LogP contribution in [0.4, 0.5) is 5.69 Å². The van der Waals surface area contributed by atoms with Gasteiger partial charge in [-0.2, -0.15) is 4.72 Å². The molecule has 0 aliphatic rings. The van der Waals surface area contributed by atoms with Gasteiger partial charge >= 0.3 is 0 Å². The van der Waals surface area contributed by atoms with Crippen molar-refractivity contribution in [2.24, 2.45) is 0 Å². The number of anilines is 1. The van der Waals surface area contributed by atoms with Gasteiger partial charge in [0.05, 0.1) is 4.90 Å². The van der Waals surface area contributed by atoms with Crippen molar-refractivity contribution >= 4 is 55.1 Å². The Morgan fingerprint density at radius 3 is 2.00 bits per heavy atom. The van der Waals surface area contributed by atoms with Crippen molar-refractivity contribution < 1.29 is 18.0 Å². The Hall–Kier alpha value is -2.92. The van der Waals surface area contributed by atoms with E-state index in [9.17, 15) is 18.0 Å². The number of likely N-dealkylation sites (N-methyl/N-ethyl adjacent to an activating group) is 1. The SMILES string of the molecule is CNC(=O)C(Cc1ccc(Cl)cc1)NC(=O)C(Cc1ccc(N(C)C)cc1)NS(=O)(=O)c1ccc(Br)c(C)c1. The number of hydrogen-bond acceptors (Lipinski definition) is 5. The molecule has 8 nitrogen and oxygen atoms in total. The van der Waals surface area contributed by atoms with Crippen LogP contribution in [0.15, 0.2) is 76.1 Å². The smallest absolute Gasteiger partial charge is 0.242 e. The lowest BCUT2D eigenvalue weighted by atomic mass is 10.0. The van der Waals surface area contributed by atoms with Crippen molar-refractivity contribution in [3.8, 4) is 0 Å². The van der Waals surface area contributed by atoms with Gasteiger partial charge in [-0.15, -0.1) is 0 Å². The normalized spacial score (nSPS) is 12.9. The predicted molar refractivity (Wildman–Crippen MR) is 159 cm³/mol. The van der Waals surface area contributed by atoms with Gasteiger partial charge in [0.1, 0.15) is 12.1 Å². The molecule has 0 bridgehead atoms. The fourth-order valence-electron chi connectivity index (χ4n) is 3.91. The summed E-state index contributed by atoms with van der Waals surface area (Å²) in [5, 5.41) is 5.87. The summed E-state index contributed by atoms with van der Waals surface area (Å²) in [6.45, 7) is 1.78. The molecule has 0 heterocycles. The van der Waals surface area contributed by atoms with Crippen molar-refractivity contribution in [2.75, 3.05) is 26.0 Å². The van der Waals surface area contributed by atoms with Gasteiger partial charge in [-0.1, -0.05) is 51.8 Å². The number of benzene rings is 3. The second kappa shape index (κ2) is 13.4. The molecule has 3 aromatic rings. The number of nitrogens with zero attached hydrogens (tertiary/aromatic N) is 1. The Morgan fingerprint density at radius 1 is 0.897 bits per heavy atom. The molecule has 0 saturated carbocycles. The van der Waals surface area contributed by atoms with Crippen molar-refractivity contribution in [1.29, 1.82) is 0 Å². The van der Waals surface area contributed by atoms with Gasteiger partial charge in [-0.25, -0.2) is 8.42 Å². The van der Waals surface area contributed by atoms with E-state index in [0.29, 0.717) is 5.02 Å². The average Bonchev–Trinajstić information content (AvgIpc) is 2.90. The third-order valence-electron chi connectivity index (χ3n) is 6.18. The van der Waals surface area contributed by atoms with E-state index in [2.05, 4.69) is 31.3 Å². The van der Waals surface area contributed by atoms with Crippen molar-refractivity contribution in [2.45, 2.75) is 36.7 Å². The van der Waals surface area contributed by atoms with Gasteiger partial charge in [-0.05, 0) is 72.5 Å². The van der Waals surface area contributed by atoms with Crippen molar-refractivity contribution in [1.82, 2.24) is 15.4 Å². The van der Waals surface area contributed by atoms with Crippen LogP contribution in [-0.2, 0) is 32.5 Å². The Morgan fingerprint density at radius 2 is 1.46 bits per heavy atom. The lowest BCUT2D eigenvalue weighted by Gasteiger charge is -2.23. The van der Waals surface area contributed by atoms with E-state index in [-0.39, 0.29) is 17.7 Å². The minimum Gasteiger partial charge on any atom is -0.378 e. The number of aryl methyl sites for hydroxylation is 1. The molecular formula is C28H32BrClN4O4S. The van der Waals surface area contributed by atoms with Crippen molar-refractivity contribution in [3.63, 3.8) is 0 Å². The number of hydrogen-bond donors (Lipinski definition) is 3. The first-order valence-corrected chi connectivity index (χ1v) is 14.9. The van der Waals surface area contributed by atoms with Crippen LogP contribution < -0.4 is 20.3 Å². The number of carbonyl (C=O) groups is 2. The van der Waals surface area contributed by atoms with E-state index >= 15 is 0 Å². The van der Waals surface area contributed by atoms with Crippen LogP contribution in [-0.4, -0.2) is 53.5 Å². The summed E-state index contributed by atoms with van der Waals surface area (Å²) in [7, 11) is 1.24. The lowest BCUT2D eigenvalue weighted by Crippen LogP contribution is -2.54. The summed E-state index contributed by atoms with van der Waals surface area (Å²) >= 11 is 9.36. The van der Waals surface area contributed by atoms with Crippen LogP contribution in [0.25, 0.3) is 0 Å². The highest BCUT2D eigenvalue weighted by Gasteiger charge is 2.30. The minimum atomic E-state index is -4.07. The zero-order valence-electron chi connectivity index (χ0n) is 22.2. The second-order valence-corrected chi connectivity index (χ2v) is 12.4. The molecule has 0 fully saturated rings. The number of halogens is 2. The first-order valence-electron chi connectivity index (χ1n) is 12.2. The first-order chi connectivity index (χ1) is 18.4. The molecule has 3 rings (SSSR count). The van der Waals surface area contributed by atoms with E-state index in [1.165, 1.54) is 19.2 Å². The number of carbonyl (C=O) groups excluding carboxylic acids is 2. The molecule has 2 unspecified atom stereocenters. The number of nitrogens with one attached hydrogen (secondary N) is 3. The van der Waals surface area contributed by atoms with Gasteiger partial charge in [0.25, 0.3) is 0 Å². The maximum absolute atomic E-state index is 13.6. The summed E-state index contributed by atoms with van der Waals surface area (Å²) in [5.74, 6) is -1.02. The van der Waals surface area contributed by atoms with Crippen molar-refractivity contribution in [3.05, 3.63) is 92.9 Å². The zero-order chi connectivity index (χ0) is 28.7. The van der Waals surface area contributed by atoms with Gasteiger partial charge in [0.15, 0.2) is 0 Å². The molecule has 0 spiro atoms. The highest BCUT2D eigenvalue weighted by Crippen LogP contribution is 2.21. The van der Waals surface area contributed by atoms with Gasteiger partial charge in [0.2, 0.25) is 21.8 Å². The molecular weight excluding hydrogens is 604 g/mol. The molecule has 2 amide bonds. The Labute approximate surface area is 243 Å². The Kier molecular flexibility index (Phi) is 10.5. The quantitative estimate of drug-likeness (QED) is 0.297. The molecule has 0 aliphatic heterocycles. The topological polar surface area (TPSA) is 108 Å². The highest BCUT2D eigenvalue weighted by atomic mass is 79.9. The Balaban J connectivity index is 1.90. The maximum atomic E-state index is 13.6. The molecule has 0 radical (unpaired) electrons. The van der Waals surface area contributed by atoms with Crippen LogP contribution in [0.1, 0.15) is 16.7 Å². The molecule has 0 aliphatic carbocycles. The standard InChI is InChI=1S/C28H32BrClN4O4S/c1-18-15-23(13-14-24(18)29)39(37,38)33-26(17-20-7-11-22(12-8-20)34(3)4)28(36)32-25(27(35)31-2)16-19-5-9-21(30)10-6-19/h5-15,25-26,33H,16-17H2,1-4H3,(H,31,35)(H,32,36). The largest absolute Gasteiger partial charge is 0.378 e. The summed E-state index contributed by atoms with van der Waals surface area (Å²) in [6, 6.07) is 17.0. The van der Waals surface area contributed by atoms with E-state index in [0.717, 1.165) is 26.9 Å². The van der Waals surface area contributed by atoms with Crippen LogP contribution in [0.3, 0.4) is 0 Å². The zero-order valence-corrected chi connectivity index (χ0v) is 25.3. The average molecular weight is 636 g/mol. The highest BCUT2D eigenvalue weighted by molar-refractivity contribution is 9.10. The summed E-state index contributed by atoms with van der Waals surface area (Å²) < 4.78 is 30.0. The summed E-state index contributed by atoms with van der Waals surface area (Å²) in [4.78, 5) is 28.2. The van der Waals surface area contributed by atoms with Crippen LogP contribution in [0.5, 0.6) is 0 Å². The minimum absolute atomic E-state index is 0.0352. The van der Waals surface area contributed by atoms with Gasteiger partial charge < -0.3 is 15.5 Å². The summed E-state index contributed by atoms with van der Waals surface area (Å²) in [6.07, 6.45) is 0.279. The third-order valence-corrected chi connectivity index (χ3v) is 8.79. The monoisotopic (exact) mass is 634 g/mol. The predicted octanol–water partition coefficient (Wildman–Crippen LogP) is 3.84. The number of amides is 2. The third kappa shape index (κ3) is 8.53. The molecule has 3 aromatic carbocycles. The molecule has 208 valence electrons. The molecule has 0 aromatic heterocycles. The fraction of sp³-hybridized carbons (Fsp3) is 0.286. The van der Waals surface area contributed by atoms with E-state index in [4.69, 9.17) is 11.6 Å². The molecule has 3 N–H and O–H groups in total. The lowest BCUT2D eigenvalue weighted by molar-refractivity contribution is -0.129. The molecule has 2 atom stereocenters. The second-order valence-electron chi connectivity index (χ2n) is 9.36.